The largest absolute Gasteiger partial charge is 0.461 e. The molecule has 0 N–H and O–H groups in total. The van der Waals surface area contributed by atoms with Gasteiger partial charge in [0.25, 0.3) is 0 Å². The Kier molecular flexibility index (Phi) is 5.79. The lowest BCUT2D eigenvalue weighted by molar-refractivity contribution is -0.228. The standard InChI is InChI=1S/C10H14N6O5/c1-4-7(13-15-11)9(20-5(2)17)8(14-16-12)10(19-4)21-6(3)18/h4,7-10H,1-3H3/t4-,7+,8+,9-,10-/m0/s1. The SMILES string of the molecule is CC(=O)O[C@@H]1O[C@@H](C)[C@@H](N=[N+]=[N-])[C@H](OC(C)=O)[C@H]1N=[N+]=[N-]. The highest BCUT2D eigenvalue weighted by Gasteiger charge is 2.47. The summed E-state index contributed by atoms with van der Waals surface area (Å²) in [5.41, 5.74) is 17.2. The summed E-state index contributed by atoms with van der Waals surface area (Å²) in [6.07, 6.45) is -3.04. The number of hydrogen-bond acceptors (Lipinski definition) is 7. The van der Waals surface area contributed by atoms with Gasteiger partial charge in [-0.25, -0.2) is 0 Å². The first-order valence-corrected chi connectivity index (χ1v) is 5.99. The molecule has 0 amide bonds. The van der Waals surface area contributed by atoms with Gasteiger partial charge in [-0.15, -0.1) is 0 Å². The van der Waals surface area contributed by atoms with Crippen LogP contribution in [0.3, 0.4) is 0 Å². The monoisotopic (exact) mass is 298 g/mol. The number of esters is 2. The molecule has 5 atom stereocenters. The summed E-state index contributed by atoms with van der Waals surface area (Å²) < 4.78 is 15.4. The lowest BCUT2D eigenvalue weighted by Gasteiger charge is -2.40. The average Bonchev–Trinajstić information content (AvgIpc) is 2.37. The second-order valence-electron chi connectivity index (χ2n) is 4.28. The minimum atomic E-state index is -1.23. The van der Waals surface area contributed by atoms with E-state index in [0.717, 1.165) is 13.8 Å². The van der Waals surface area contributed by atoms with Crippen LogP contribution in [-0.4, -0.2) is 42.5 Å². The minimum absolute atomic E-state index is 0.658. The van der Waals surface area contributed by atoms with E-state index in [9.17, 15) is 9.59 Å². The zero-order valence-electron chi connectivity index (χ0n) is 11.6. The van der Waals surface area contributed by atoms with Crippen molar-refractivity contribution in [3.05, 3.63) is 20.9 Å². The summed E-state index contributed by atoms with van der Waals surface area (Å²) in [5, 5.41) is 6.94. The molecule has 11 nitrogen and oxygen atoms in total. The van der Waals surface area contributed by atoms with E-state index in [1.165, 1.54) is 0 Å². The zero-order valence-corrected chi connectivity index (χ0v) is 11.6. The molecule has 0 spiro atoms. The maximum atomic E-state index is 11.2. The summed E-state index contributed by atoms with van der Waals surface area (Å²) in [4.78, 5) is 27.6. The number of carbonyl (C=O) groups excluding carboxylic acids is 2. The van der Waals surface area contributed by atoms with Crippen LogP contribution in [0.5, 0.6) is 0 Å². The molecule has 0 aromatic carbocycles. The minimum Gasteiger partial charge on any atom is -0.461 e. The lowest BCUT2D eigenvalue weighted by atomic mass is 9.96. The Bertz CT molecular complexity index is 512. The van der Waals surface area contributed by atoms with E-state index in [4.69, 9.17) is 25.3 Å². The van der Waals surface area contributed by atoms with Gasteiger partial charge in [0.05, 0.1) is 6.10 Å². The van der Waals surface area contributed by atoms with Crippen LogP contribution in [0, 0.1) is 0 Å². The van der Waals surface area contributed by atoms with Crippen LogP contribution in [0.25, 0.3) is 20.9 Å². The third-order valence-electron chi connectivity index (χ3n) is 2.74. The summed E-state index contributed by atoms with van der Waals surface area (Å²) in [5.74, 6) is -1.32. The molecule has 0 aliphatic carbocycles. The van der Waals surface area contributed by atoms with Gasteiger partial charge in [-0.1, -0.05) is 10.2 Å². The van der Waals surface area contributed by atoms with Gasteiger partial charge in [-0.05, 0) is 18.0 Å². The molecule has 1 aliphatic heterocycles. The molecule has 1 rings (SSSR count). The normalized spacial score (nSPS) is 31.3. The van der Waals surface area contributed by atoms with E-state index in [-0.39, 0.29) is 0 Å². The molecule has 11 heteroatoms. The van der Waals surface area contributed by atoms with Crippen molar-refractivity contribution in [2.45, 2.75) is 51.4 Å². The molecule has 0 bridgehead atoms. The predicted molar refractivity (Wildman–Crippen MR) is 67.5 cm³/mol. The van der Waals surface area contributed by atoms with E-state index in [1.807, 2.05) is 0 Å². The van der Waals surface area contributed by atoms with Crippen LogP contribution >= 0.6 is 0 Å². The van der Waals surface area contributed by atoms with Gasteiger partial charge in [0.1, 0.15) is 18.2 Å². The van der Waals surface area contributed by atoms with Crippen LogP contribution in [0.2, 0.25) is 0 Å². The van der Waals surface area contributed by atoms with E-state index >= 15 is 0 Å². The molecular formula is C10H14N6O5. The third kappa shape index (κ3) is 4.25. The van der Waals surface area contributed by atoms with Crippen molar-refractivity contribution in [1.29, 1.82) is 0 Å². The molecule has 1 fully saturated rings. The first kappa shape index (κ1) is 16.6. The average molecular weight is 298 g/mol. The Morgan fingerprint density at radius 2 is 1.57 bits per heavy atom. The summed E-state index contributed by atoms with van der Waals surface area (Å²) in [6.45, 7) is 3.86. The van der Waals surface area contributed by atoms with Gasteiger partial charge in [-0.2, -0.15) is 0 Å². The maximum Gasteiger partial charge on any atom is 0.304 e. The highest BCUT2D eigenvalue weighted by molar-refractivity contribution is 5.67. The Morgan fingerprint density at radius 3 is 2.05 bits per heavy atom. The number of hydrogen-bond donors (Lipinski definition) is 0. The van der Waals surface area contributed by atoms with Gasteiger partial charge < -0.3 is 14.2 Å². The van der Waals surface area contributed by atoms with Gasteiger partial charge >= 0.3 is 11.9 Å². The molecule has 1 saturated heterocycles. The number of nitrogens with zero attached hydrogens (tertiary/aromatic N) is 6. The van der Waals surface area contributed by atoms with Crippen molar-refractivity contribution in [3.8, 4) is 0 Å². The van der Waals surface area contributed by atoms with Crippen LogP contribution in [0.4, 0.5) is 0 Å². The van der Waals surface area contributed by atoms with Crippen molar-refractivity contribution in [3.63, 3.8) is 0 Å². The summed E-state index contributed by atoms with van der Waals surface area (Å²) in [6, 6.07) is -2.07. The van der Waals surface area contributed by atoms with Gasteiger partial charge in [0, 0.05) is 23.7 Å². The van der Waals surface area contributed by atoms with Crippen molar-refractivity contribution in [2.75, 3.05) is 0 Å². The molecule has 0 saturated carbocycles. The first-order valence-electron chi connectivity index (χ1n) is 5.99. The molecule has 114 valence electrons. The fourth-order valence-electron chi connectivity index (χ4n) is 1.99. The Hall–Kier alpha value is -2.48. The number of rotatable bonds is 4. The number of carbonyl (C=O) groups is 2. The predicted octanol–water partition coefficient (Wildman–Crippen LogP) is 1.58. The summed E-state index contributed by atoms with van der Waals surface area (Å²) >= 11 is 0. The summed E-state index contributed by atoms with van der Waals surface area (Å²) in [7, 11) is 0. The van der Waals surface area contributed by atoms with Crippen molar-refractivity contribution in [1.82, 2.24) is 0 Å². The number of ether oxygens (including phenoxy) is 3. The highest BCUT2D eigenvalue weighted by atomic mass is 16.7. The molecule has 0 aromatic heterocycles. The Balaban J connectivity index is 3.18. The van der Waals surface area contributed by atoms with Gasteiger partial charge in [0.15, 0.2) is 0 Å². The van der Waals surface area contributed by atoms with Crippen molar-refractivity contribution in [2.24, 2.45) is 10.2 Å². The van der Waals surface area contributed by atoms with Crippen LogP contribution in [-0.2, 0) is 23.8 Å². The molecule has 1 heterocycles. The fourth-order valence-corrected chi connectivity index (χ4v) is 1.99. The zero-order chi connectivity index (χ0) is 16.0. The molecule has 21 heavy (non-hydrogen) atoms. The second-order valence-corrected chi connectivity index (χ2v) is 4.28. The quantitative estimate of drug-likeness (QED) is 0.333. The Morgan fingerprint density at radius 1 is 1.05 bits per heavy atom. The van der Waals surface area contributed by atoms with Crippen molar-refractivity contribution >= 4 is 11.9 Å². The maximum absolute atomic E-state index is 11.2. The lowest BCUT2D eigenvalue weighted by Crippen LogP contribution is -2.57. The molecular weight excluding hydrogens is 284 g/mol. The van der Waals surface area contributed by atoms with Crippen LogP contribution in [0.1, 0.15) is 20.8 Å². The highest BCUT2D eigenvalue weighted by Crippen LogP contribution is 2.29. The van der Waals surface area contributed by atoms with E-state index in [1.54, 1.807) is 6.92 Å². The van der Waals surface area contributed by atoms with E-state index in [0.29, 0.717) is 0 Å². The van der Waals surface area contributed by atoms with Crippen LogP contribution in [0.15, 0.2) is 10.2 Å². The second kappa shape index (κ2) is 7.34. The van der Waals surface area contributed by atoms with Crippen molar-refractivity contribution < 1.29 is 23.8 Å². The first-order chi connectivity index (χ1) is 9.90. The molecule has 0 unspecified atom stereocenters. The molecule has 1 aliphatic rings. The van der Waals surface area contributed by atoms with Gasteiger partial charge in [0.2, 0.25) is 6.29 Å². The molecule has 0 aromatic rings. The smallest absolute Gasteiger partial charge is 0.304 e. The topological polar surface area (TPSA) is 159 Å². The van der Waals surface area contributed by atoms with Gasteiger partial charge in [-0.3, -0.25) is 9.59 Å². The number of azide groups is 2. The molecule has 0 radical (unpaired) electrons. The van der Waals surface area contributed by atoms with Crippen LogP contribution < -0.4 is 0 Å². The van der Waals surface area contributed by atoms with E-state index in [2.05, 4.69) is 20.1 Å². The van der Waals surface area contributed by atoms with E-state index < -0.39 is 42.5 Å². The Labute approximate surface area is 119 Å². The fraction of sp³-hybridized carbons (Fsp3) is 0.800. The third-order valence-corrected chi connectivity index (χ3v) is 2.74.